The summed E-state index contributed by atoms with van der Waals surface area (Å²) < 4.78 is 5.36. The van der Waals surface area contributed by atoms with Crippen LogP contribution in [0.1, 0.15) is 32.1 Å². The fourth-order valence-electron chi connectivity index (χ4n) is 2.22. The molecule has 2 atom stereocenters. The quantitative estimate of drug-likeness (QED) is 0.697. The van der Waals surface area contributed by atoms with Gasteiger partial charge < -0.3 is 15.4 Å². The van der Waals surface area contributed by atoms with Crippen molar-refractivity contribution in [2.24, 2.45) is 0 Å². The molecule has 0 spiro atoms. The lowest BCUT2D eigenvalue weighted by Crippen LogP contribution is -2.45. The zero-order valence-corrected chi connectivity index (χ0v) is 9.13. The highest BCUT2D eigenvalue weighted by atomic mass is 16.5. The maximum absolute atomic E-state index is 11.8. The topological polar surface area (TPSA) is 50.4 Å². The molecule has 0 radical (unpaired) electrons. The van der Waals surface area contributed by atoms with Crippen LogP contribution in [0.15, 0.2) is 0 Å². The monoisotopic (exact) mass is 212 g/mol. The van der Waals surface area contributed by atoms with E-state index >= 15 is 0 Å². The molecule has 4 nitrogen and oxygen atoms in total. The van der Waals surface area contributed by atoms with Crippen LogP contribution in [0.2, 0.25) is 0 Å². The normalized spacial score (nSPS) is 32.3. The zero-order chi connectivity index (χ0) is 10.5. The number of hydrogen-bond acceptors (Lipinski definition) is 3. The first-order valence-electron chi connectivity index (χ1n) is 5.99. The van der Waals surface area contributed by atoms with Gasteiger partial charge in [-0.2, -0.15) is 0 Å². The molecule has 0 aromatic rings. The molecule has 2 fully saturated rings. The number of nitrogens with one attached hydrogen (secondary N) is 2. The van der Waals surface area contributed by atoms with Crippen molar-refractivity contribution in [2.45, 2.75) is 44.2 Å². The van der Waals surface area contributed by atoms with Crippen molar-refractivity contribution in [3.8, 4) is 0 Å². The Balaban J connectivity index is 1.76. The van der Waals surface area contributed by atoms with Gasteiger partial charge in [0.2, 0.25) is 5.91 Å². The predicted molar refractivity (Wildman–Crippen MR) is 57.6 cm³/mol. The highest BCUT2D eigenvalue weighted by Crippen LogP contribution is 2.13. The van der Waals surface area contributed by atoms with Crippen LogP contribution in [0.25, 0.3) is 0 Å². The van der Waals surface area contributed by atoms with Crippen molar-refractivity contribution in [2.75, 3.05) is 19.7 Å². The van der Waals surface area contributed by atoms with E-state index in [1.54, 1.807) is 0 Å². The van der Waals surface area contributed by atoms with Gasteiger partial charge in [0.1, 0.15) is 6.10 Å². The van der Waals surface area contributed by atoms with Gasteiger partial charge in [-0.05, 0) is 32.2 Å². The zero-order valence-electron chi connectivity index (χ0n) is 9.13. The van der Waals surface area contributed by atoms with E-state index in [1.165, 1.54) is 12.8 Å². The summed E-state index contributed by atoms with van der Waals surface area (Å²) in [6.45, 7) is 2.71. The SMILES string of the molecule is O=C(NC1CCCCNC1)C1CCCO1. The second kappa shape index (κ2) is 5.47. The molecule has 15 heavy (non-hydrogen) atoms. The molecule has 2 unspecified atom stereocenters. The third-order valence-corrected chi connectivity index (χ3v) is 3.12. The molecule has 2 aliphatic rings. The van der Waals surface area contributed by atoms with E-state index in [4.69, 9.17) is 4.74 Å². The highest BCUT2D eigenvalue weighted by Gasteiger charge is 2.25. The molecule has 0 aliphatic carbocycles. The fraction of sp³-hybridized carbons (Fsp3) is 0.909. The summed E-state index contributed by atoms with van der Waals surface area (Å²) in [5, 5.41) is 6.41. The average molecular weight is 212 g/mol. The third kappa shape index (κ3) is 3.18. The van der Waals surface area contributed by atoms with Gasteiger partial charge in [0, 0.05) is 19.2 Å². The van der Waals surface area contributed by atoms with E-state index in [0.717, 1.165) is 39.0 Å². The Bertz CT molecular complexity index is 207. The molecular formula is C11H20N2O2. The number of carbonyl (C=O) groups is 1. The first-order chi connectivity index (χ1) is 7.36. The molecule has 2 heterocycles. The van der Waals surface area contributed by atoms with Crippen molar-refractivity contribution in [3.05, 3.63) is 0 Å². The van der Waals surface area contributed by atoms with Crippen LogP contribution in [0.3, 0.4) is 0 Å². The van der Waals surface area contributed by atoms with Crippen molar-refractivity contribution in [3.63, 3.8) is 0 Å². The second-order valence-corrected chi connectivity index (χ2v) is 4.41. The van der Waals surface area contributed by atoms with E-state index in [0.29, 0.717) is 6.04 Å². The molecule has 86 valence electrons. The lowest BCUT2D eigenvalue weighted by Gasteiger charge is -2.18. The van der Waals surface area contributed by atoms with Crippen LogP contribution in [0, 0.1) is 0 Å². The van der Waals surface area contributed by atoms with Gasteiger partial charge in [0.25, 0.3) is 0 Å². The van der Waals surface area contributed by atoms with Gasteiger partial charge in [-0.25, -0.2) is 0 Å². The summed E-state index contributed by atoms with van der Waals surface area (Å²) in [5.41, 5.74) is 0. The van der Waals surface area contributed by atoms with Crippen LogP contribution in [-0.4, -0.2) is 37.7 Å². The Morgan fingerprint density at radius 1 is 1.27 bits per heavy atom. The Hall–Kier alpha value is -0.610. The van der Waals surface area contributed by atoms with Gasteiger partial charge in [-0.15, -0.1) is 0 Å². The summed E-state index contributed by atoms with van der Waals surface area (Å²) in [7, 11) is 0. The summed E-state index contributed by atoms with van der Waals surface area (Å²) >= 11 is 0. The molecule has 1 amide bonds. The van der Waals surface area contributed by atoms with Crippen LogP contribution >= 0.6 is 0 Å². The number of hydrogen-bond donors (Lipinski definition) is 2. The smallest absolute Gasteiger partial charge is 0.249 e. The Kier molecular flexibility index (Phi) is 3.97. The van der Waals surface area contributed by atoms with Crippen LogP contribution < -0.4 is 10.6 Å². The minimum atomic E-state index is -0.187. The van der Waals surface area contributed by atoms with Crippen molar-refractivity contribution < 1.29 is 9.53 Å². The van der Waals surface area contributed by atoms with Crippen LogP contribution in [-0.2, 0) is 9.53 Å². The van der Waals surface area contributed by atoms with Crippen LogP contribution in [0.5, 0.6) is 0 Å². The van der Waals surface area contributed by atoms with E-state index in [1.807, 2.05) is 0 Å². The van der Waals surface area contributed by atoms with Gasteiger partial charge >= 0.3 is 0 Å². The number of rotatable bonds is 2. The lowest BCUT2D eigenvalue weighted by molar-refractivity contribution is -0.130. The van der Waals surface area contributed by atoms with Crippen molar-refractivity contribution in [1.82, 2.24) is 10.6 Å². The molecule has 4 heteroatoms. The Morgan fingerprint density at radius 3 is 3.00 bits per heavy atom. The number of carbonyl (C=O) groups excluding carboxylic acids is 1. The van der Waals surface area contributed by atoms with Crippen LogP contribution in [0.4, 0.5) is 0 Å². The van der Waals surface area contributed by atoms with Crippen molar-refractivity contribution >= 4 is 5.91 Å². The molecule has 0 aromatic carbocycles. The van der Waals surface area contributed by atoms with E-state index in [2.05, 4.69) is 10.6 Å². The molecule has 0 bridgehead atoms. The maximum atomic E-state index is 11.8. The highest BCUT2D eigenvalue weighted by molar-refractivity contribution is 5.81. The Labute approximate surface area is 90.8 Å². The molecule has 2 saturated heterocycles. The number of ether oxygens (including phenoxy) is 1. The third-order valence-electron chi connectivity index (χ3n) is 3.12. The van der Waals surface area contributed by atoms with E-state index < -0.39 is 0 Å². The first-order valence-corrected chi connectivity index (χ1v) is 5.99. The average Bonchev–Trinajstić information content (AvgIpc) is 2.65. The standard InChI is InChI=1S/C11H20N2O2/c14-11(10-5-3-7-15-10)13-9-4-1-2-6-12-8-9/h9-10,12H,1-8H2,(H,13,14). The summed E-state index contributed by atoms with van der Waals surface area (Å²) in [6.07, 6.45) is 5.21. The predicted octanol–water partition coefficient (Wildman–Crippen LogP) is 0.424. The summed E-state index contributed by atoms with van der Waals surface area (Å²) in [5.74, 6) is 0.0844. The second-order valence-electron chi connectivity index (χ2n) is 4.41. The van der Waals surface area contributed by atoms with E-state index in [-0.39, 0.29) is 12.0 Å². The summed E-state index contributed by atoms with van der Waals surface area (Å²) in [6, 6.07) is 0.296. The molecule has 2 aliphatic heterocycles. The number of amides is 1. The molecule has 0 aromatic heterocycles. The molecule has 0 saturated carbocycles. The largest absolute Gasteiger partial charge is 0.368 e. The van der Waals surface area contributed by atoms with E-state index in [9.17, 15) is 4.79 Å². The molecular weight excluding hydrogens is 192 g/mol. The molecule has 2 N–H and O–H groups in total. The minimum absolute atomic E-state index is 0.0844. The molecule has 2 rings (SSSR count). The van der Waals surface area contributed by atoms with Crippen molar-refractivity contribution in [1.29, 1.82) is 0 Å². The first kappa shape index (κ1) is 10.9. The Morgan fingerprint density at radius 2 is 2.20 bits per heavy atom. The lowest BCUT2D eigenvalue weighted by atomic mass is 10.1. The van der Waals surface area contributed by atoms with Gasteiger partial charge in [0.05, 0.1) is 0 Å². The van der Waals surface area contributed by atoms with Gasteiger partial charge in [-0.1, -0.05) is 6.42 Å². The maximum Gasteiger partial charge on any atom is 0.249 e. The fourth-order valence-corrected chi connectivity index (χ4v) is 2.22. The minimum Gasteiger partial charge on any atom is -0.368 e. The summed E-state index contributed by atoms with van der Waals surface area (Å²) in [4.78, 5) is 11.8. The van der Waals surface area contributed by atoms with Gasteiger partial charge in [-0.3, -0.25) is 4.79 Å². The van der Waals surface area contributed by atoms with Gasteiger partial charge in [0.15, 0.2) is 0 Å².